The maximum absolute atomic E-state index is 6.26. The average molecular weight is 290 g/mol. The topological polar surface area (TPSA) is 27.7 Å². The molecule has 0 saturated heterocycles. The molecule has 0 rings (SSSR count). The van der Waals surface area contributed by atoms with Crippen LogP contribution in [-0.4, -0.2) is 25.6 Å². The minimum absolute atomic E-state index is 0.297. The second-order valence-corrected chi connectivity index (χ2v) is 10.1. The zero-order chi connectivity index (χ0) is 15.5. The van der Waals surface area contributed by atoms with Crippen LogP contribution in [0.4, 0.5) is 0 Å². The van der Waals surface area contributed by atoms with Crippen molar-refractivity contribution in [3.63, 3.8) is 0 Å². The molecule has 0 spiro atoms. The van der Waals surface area contributed by atoms with Crippen molar-refractivity contribution >= 4 is 8.80 Å². The lowest BCUT2D eigenvalue weighted by Crippen LogP contribution is -2.57. The number of rotatable bonds is 5. The van der Waals surface area contributed by atoms with E-state index in [1.807, 2.05) is 62.3 Å². The number of hydrogen-bond donors (Lipinski definition) is 0. The number of hydrogen-bond acceptors (Lipinski definition) is 3. The Morgan fingerprint density at radius 3 is 1.11 bits per heavy atom. The van der Waals surface area contributed by atoms with E-state index in [0.717, 1.165) is 6.42 Å². The van der Waals surface area contributed by atoms with E-state index >= 15 is 0 Å². The lowest BCUT2D eigenvalue weighted by Gasteiger charge is -2.42. The third kappa shape index (κ3) is 9.60. The lowest BCUT2D eigenvalue weighted by molar-refractivity contribution is -0.0702. The van der Waals surface area contributed by atoms with Crippen LogP contribution in [0, 0.1) is 6.04 Å². The molecule has 115 valence electrons. The van der Waals surface area contributed by atoms with Gasteiger partial charge in [0.25, 0.3) is 0 Å². The van der Waals surface area contributed by atoms with Gasteiger partial charge < -0.3 is 13.3 Å². The van der Waals surface area contributed by atoms with E-state index < -0.39 is 8.80 Å². The smallest absolute Gasteiger partial charge is 0.368 e. The Kier molecular flexibility index (Phi) is 6.28. The molecule has 0 saturated carbocycles. The standard InChI is InChI=1S/C15H33O3Si/c1-11-12-19(16-13(2,3)4,17-14(5,6)7)18-15(8,9)10/h12H,11H2,1-10H3. The first kappa shape index (κ1) is 19.1. The molecule has 0 aliphatic rings. The highest BCUT2D eigenvalue weighted by Crippen LogP contribution is 2.31. The molecule has 0 aliphatic carbocycles. The normalized spacial score (nSPS) is 14.8. The van der Waals surface area contributed by atoms with Gasteiger partial charge in [-0.2, -0.15) is 0 Å². The molecule has 0 fully saturated rings. The maximum atomic E-state index is 6.26. The van der Waals surface area contributed by atoms with Crippen molar-refractivity contribution < 1.29 is 13.3 Å². The second kappa shape index (κ2) is 6.25. The summed E-state index contributed by atoms with van der Waals surface area (Å²) < 4.78 is 18.8. The molecule has 0 aromatic carbocycles. The van der Waals surface area contributed by atoms with Gasteiger partial charge in [0, 0.05) is 6.04 Å². The van der Waals surface area contributed by atoms with Gasteiger partial charge in [-0.1, -0.05) is 6.92 Å². The molecular weight excluding hydrogens is 256 g/mol. The predicted octanol–water partition coefficient (Wildman–Crippen LogP) is 4.52. The minimum Gasteiger partial charge on any atom is -0.368 e. The van der Waals surface area contributed by atoms with E-state index in [1.165, 1.54) is 0 Å². The van der Waals surface area contributed by atoms with Gasteiger partial charge in [-0.05, 0) is 68.7 Å². The molecule has 0 atom stereocenters. The Labute approximate surface area is 121 Å². The fraction of sp³-hybridized carbons (Fsp3) is 0.933. The van der Waals surface area contributed by atoms with Gasteiger partial charge in [0.15, 0.2) is 0 Å². The van der Waals surface area contributed by atoms with Gasteiger partial charge in [-0.25, -0.2) is 0 Å². The molecule has 0 aliphatic heterocycles. The molecular formula is C15H33O3Si. The monoisotopic (exact) mass is 289 g/mol. The molecule has 0 heterocycles. The molecule has 3 nitrogen and oxygen atoms in total. The highest BCUT2D eigenvalue weighted by molar-refractivity contribution is 6.65. The summed E-state index contributed by atoms with van der Waals surface area (Å²) >= 11 is 0. The van der Waals surface area contributed by atoms with E-state index in [9.17, 15) is 0 Å². The molecule has 0 N–H and O–H groups in total. The average Bonchev–Trinajstić information content (AvgIpc) is 1.90. The largest absolute Gasteiger partial charge is 0.505 e. The van der Waals surface area contributed by atoms with Crippen LogP contribution in [0.3, 0.4) is 0 Å². The first-order valence-corrected chi connectivity index (χ1v) is 8.93. The summed E-state index contributed by atoms with van der Waals surface area (Å²) in [5, 5.41) is 0. The molecule has 0 aromatic rings. The van der Waals surface area contributed by atoms with Crippen molar-refractivity contribution in [2.75, 3.05) is 0 Å². The highest BCUT2D eigenvalue weighted by Gasteiger charge is 2.49. The van der Waals surface area contributed by atoms with Crippen molar-refractivity contribution in [1.82, 2.24) is 0 Å². The summed E-state index contributed by atoms with van der Waals surface area (Å²) in [5.41, 5.74) is -0.892. The van der Waals surface area contributed by atoms with Crippen LogP contribution in [-0.2, 0) is 13.3 Å². The van der Waals surface area contributed by atoms with Crippen LogP contribution in [0.1, 0.15) is 75.7 Å². The Morgan fingerprint density at radius 1 is 0.684 bits per heavy atom. The van der Waals surface area contributed by atoms with Crippen molar-refractivity contribution in [3.05, 3.63) is 6.04 Å². The molecule has 4 heteroatoms. The first-order chi connectivity index (χ1) is 8.18. The summed E-state index contributed by atoms with van der Waals surface area (Å²) in [7, 11) is -2.83. The summed E-state index contributed by atoms with van der Waals surface area (Å²) in [5.74, 6) is 0. The fourth-order valence-electron chi connectivity index (χ4n) is 1.72. The minimum atomic E-state index is -2.83. The lowest BCUT2D eigenvalue weighted by atomic mass is 10.2. The third-order valence-corrected chi connectivity index (χ3v) is 5.40. The first-order valence-electron chi connectivity index (χ1n) is 7.13. The molecule has 0 aromatic heterocycles. The summed E-state index contributed by atoms with van der Waals surface area (Å²) in [6.45, 7) is 20.4. The van der Waals surface area contributed by atoms with Crippen LogP contribution in [0.25, 0.3) is 0 Å². The molecule has 0 unspecified atom stereocenters. The van der Waals surface area contributed by atoms with Crippen LogP contribution in [0.2, 0.25) is 0 Å². The van der Waals surface area contributed by atoms with Gasteiger partial charge in [0.1, 0.15) is 0 Å². The zero-order valence-corrected chi connectivity index (χ0v) is 15.5. The Hall–Kier alpha value is 0.0969. The van der Waals surface area contributed by atoms with Crippen molar-refractivity contribution in [2.24, 2.45) is 0 Å². The van der Waals surface area contributed by atoms with E-state index in [2.05, 4.69) is 13.0 Å². The molecule has 0 bridgehead atoms. The van der Waals surface area contributed by atoms with E-state index in [0.29, 0.717) is 0 Å². The van der Waals surface area contributed by atoms with Gasteiger partial charge in [0.2, 0.25) is 0 Å². The predicted molar refractivity (Wildman–Crippen MR) is 82.9 cm³/mol. The van der Waals surface area contributed by atoms with Gasteiger partial charge >= 0.3 is 8.80 Å². The molecule has 0 amide bonds. The van der Waals surface area contributed by atoms with E-state index in [1.54, 1.807) is 0 Å². The molecule has 1 radical (unpaired) electrons. The van der Waals surface area contributed by atoms with E-state index in [-0.39, 0.29) is 16.8 Å². The zero-order valence-electron chi connectivity index (χ0n) is 14.5. The van der Waals surface area contributed by atoms with E-state index in [4.69, 9.17) is 13.3 Å². The van der Waals surface area contributed by atoms with Gasteiger partial charge in [0.05, 0.1) is 16.8 Å². The Morgan fingerprint density at radius 2 is 0.947 bits per heavy atom. The summed E-state index contributed by atoms with van der Waals surface area (Å²) in [4.78, 5) is 0. The van der Waals surface area contributed by atoms with Gasteiger partial charge in [-0.15, -0.1) is 0 Å². The van der Waals surface area contributed by atoms with Gasteiger partial charge in [-0.3, -0.25) is 0 Å². The summed E-state index contributed by atoms with van der Waals surface area (Å²) in [6.07, 6.45) is 0.870. The SMILES string of the molecule is CC[CH][Si](OC(C)(C)C)(OC(C)(C)C)OC(C)(C)C. The van der Waals surface area contributed by atoms with Crippen LogP contribution < -0.4 is 0 Å². The fourth-order valence-corrected chi connectivity index (χ4v) is 5.15. The van der Waals surface area contributed by atoms with Crippen LogP contribution in [0.5, 0.6) is 0 Å². The summed E-state index contributed by atoms with van der Waals surface area (Å²) in [6, 6.07) is 2.09. The van der Waals surface area contributed by atoms with Crippen LogP contribution >= 0.6 is 0 Å². The third-order valence-electron chi connectivity index (χ3n) is 1.80. The highest BCUT2D eigenvalue weighted by atomic mass is 28.4. The Balaban J connectivity index is 5.34. The van der Waals surface area contributed by atoms with Crippen LogP contribution in [0.15, 0.2) is 0 Å². The van der Waals surface area contributed by atoms with Crippen molar-refractivity contribution in [2.45, 2.75) is 92.5 Å². The molecule has 19 heavy (non-hydrogen) atoms. The second-order valence-electron chi connectivity index (χ2n) is 7.86. The Bertz CT molecular complexity index is 228. The van der Waals surface area contributed by atoms with Crippen molar-refractivity contribution in [1.29, 1.82) is 0 Å². The van der Waals surface area contributed by atoms with Crippen molar-refractivity contribution in [3.8, 4) is 0 Å². The quantitative estimate of drug-likeness (QED) is 0.696. The maximum Gasteiger partial charge on any atom is 0.505 e.